The van der Waals surface area contributed by atoms with E-state index in [4.69, 9.17) is 0 Å². The zero-order valence-electron chi connectivity index (χ0n) is 11.4. The van der Waals surface area contributed by atoms with Gasteiger partial charge in [-0.15, -0.1) is 0 Å². The Hall–Kier alpha value is -1.61. The van der Waals surface area contributed by atoms with Crippen LogP contribution >= 0.6 is 0 Å². The van der Waals surface area contributed by atoms with Crippen LogP contribution in [0.1, 0.15) is 24.1 Å². The first-order valence-electron chi connectivity index (χ1n) is 7.13. The summed E-state index contributed by atoms with van der Waals surface area (Å²) in [7, 11) is 0. The van der Waals surface area contributed by atoms with E-state index in [1.54, 1.807) is 0 Å². The van der Waals surface area contributed by atoms with Gasteiger partial charge in [-0.3, -0.25) is 5.10 Å². The van der Waals surface area contributed by atoms with Gasteiger partial charge < -0.3 is 5.32 Å². The number of rotatable bonds is 3. The van der Waals surface area contributed by atoms with Crippen LogP contribution in [0.3, 0.4) is 0 Å². The van der Waals surface area contributed by atoms with Gasteiger partial charge in [0.15, 0.2) is 0 Å². The molecule has 0 radical (unpaired) electrons. The number of piperidine rings is 1. The van der Waals surface area contributed by atoms with Crippen molar-refractivity contribution in [1.82, 2.24) is 15.5 Å². The summed E-state index contributed by atoms with van der Waals surface area (Å²) in [5, 5.41) is 10.9. The summed E-state index contributed by atoms with van der Waals surface area (Å²) in [4.78, 5) is 0. The van der Waals surface area contributed by atoms with Gasteiger partial charge in [-0.05, 0) is 50.8 Å². The molecule has 2 aromatic rings. The molecule has 0 saturated carbocycles. The van der Waals surface area contributed by atoms with Gasteiger partial charge >= 0.3 is 0 Å². The Balaban J connectivity index is 1.81. The van der Waals surface area contributed by atoms with Gasteiger partial charge in [0.05, 0.1) is 6.20 Å². The zero-order valence-corrected chi connectivity index (χ0v) is 11.4. The number of hydrogen-bond donors (Lipinski definition) is 2. The molecule has 0 unspecified atom stereocenters. The minimum atomic E-state index is 0.783. The molecule has 0 bridgehead atoms. The molecule has 19 heavy (non-hydrogen) atoms. The van der Waals surface area contributed by atoms with Crippen molar-refractivity contribution in [3.05, 3.63) is 41.7 Å². The third-order valence-corrected chi connectivity index (χ3v) is 4.00. The van der Waals surface area contributed by atoms with Gasteiger partial charge in [0.25, 0.3) is 0 Å². The van der Waals surface area contributed by atoms with Gasteiger partial charge in [-0.25, -0.2) is 0 Å². The van der Waals surface area contributed by atoms with Crippen LogP contribution in [0, 0.1) is 12.8 Å². The third-order valence-electron chi connectivity index (χ3n) is 4.00. The standard InChI is InChI=1S/C16H21N3/c1-12-3-2-4-14(9-12)15-11-18-19-16(15)10-13-5-7-17-8-6-13/h2-4,9,11,13,17H,5-8,10H2,1H3,(H,18,19). The molecule has 3 nitrogen and oxygen atoms in total. The van der Waals surface area contributed by atoms with Crippen LogP contribution in [0.15, 0.2) is 30.5 Å². The number of aromatic nitrogens is 2. The summed E-state index contributed by atoms with van der Waals surface area (Å²) < 4.78 is 0. The first-order chi connectivity index (χ1) is 9.33. The van der Waals surface area contributed by atoms with E-state index in [-0.39, 0.29) is 0 Å². The molecule has 1 aromatic heterocycles. The fourth-order valence-electron chi connectivity index (χ4n) is 2.90. The summed E-state index contributed by atoms with van der Waals surface area (Å²) in [5.74, 6) is 0.783. The number of aromatic amines is 1. The van der Waals surface area contributed by atoms with Crippen molar-refractivity contribution in [1.29, 1.82) is 0 Å². The van der Waals surface area contributed by atoms with Crippen LogP contribution in [-0.2, 0) is 6.42 Å². The fourth-order valence-corrected chi connectivity index (χ4v) is 2.90. The molecule has 1 fully saturated rings. The van der Waals surface area contributed by atoms with Crippen LogP contribution in [0.5, 0.6) is 0 Å². The Kier molecular flexibility index (Phi) is 3.65. The summed E-state index contributed by atoms with van der Waals surface area (Å²) in [6.07, 6.45) is 5.62. The molecule has 3 heteroatoms. The second-order valence-corrected chi connectivity index (χ2v) is 5.53. The quantitative estimate of drug-likeness (QED) is 0.885. The molecular weight excluding hydrogens is 234 g/mol. The molecule has 1 aromatic carbocycles. The first kappa shape index (κ1) is 12.4. The van der Waals surface area contributed by atoms with Crippen LogP contribution < -0.4 is 5.32 Å². The summed E-state index contributed by atoms with van der Waals surface area (Å²) in [5.41, 5.74) is 5.13. The summed E-state index contributed by atoms with van der Waals surface area (Å²) in [6.45, 7) is 4.44. The Morgan fingerprint density at radius 3 is 2.89 bits per heavy atom. The maximum Gasteiger partial charge on any atom is 0.0568 e. The molecule has 3 rings (SSSR count). The smallest absolute Gasteiger partial charge is 0.0568 e. The molecule has 2 N–H and O–H groups in total. The van der Waals surface area contributed by atoms with Crippen molar-refractivity contribution in [2.24, 2.45) is 5.92 Å². The lowest BCUT2D eigenvalue weighted by Crippen LogP contribution is -2.28. The van der Waals surface area contributed by atoms with Gasteiger partial charge in [0.2, 0.25) is 0 Å². The normalized spacial score (nSPS) is 16.7. The highest BCUT2D eigenvalue weighted by Gasteiger charge is 2.17. The summed E-state index contributed by atoms with van der Waals surface area (Å²) in [6, 6.07) is 8.66. The molecule has 0 spiro atoms. The average molecular weight is 255 g/mol. The predicted molar refractivity (Wildman–Crippen MR) is 78.1 cm³/mol. The number of nitrogens with one attached hydrogen (secondary N) is 2. The SMILES string of the molecule is Cc1cccc(-c2cn[nH]c2CC2CCNCC2)c1. The van der Waals surface area contributed by atoms with E-state index < -0.39 is 0 Å². The van der Waals surface area contributed by atoms with Crippen LogP contribution in [-0.4, -0.2) is 23.3 Å². The Morgan fingerprint density at radius 1 is 1.26 bits per heavy atom. The van der Waals surface area contributed by atoms with E-state index in [1.807, 2.05) is 6.20 Å². The third kappa shape index (κ3) is 2.87. The number of hydrogen-bond acceptors (Lipinski definition) is 2. The van der Waals surface area contributed by atoms with Crippen molar-refractivity contribution >= 4 is 0 Å². The molecule has 2 heterocycles. The molecule has 0 atom stereocenters. The minimum Gasteiger partial charge on any atom is -0.317 e. The van der Waals surface area contributed by atoms with E-state index >= 15 is 0 Å². The molecule has 0 amide bonds. The van der Waals surface area contributed by atoms with Gasteiger partial charge in [0.1, 0.15) is 0 Å². The highest BCUT2D eigenvalue weighted by atomic mass is 15.1. The van der Waals surface area contributed by atoms with E-state index in [2.05, 4.69) is 46.7 Å². The molecule has 1 aliphatic rings. The van der Waals surface area contributed by atoms with Gasteiger partial charge in [0, 0.05) is 11.3 Å². The first-order valence-corrected chi connectivity index (χ1v) is 7.13. The van der Waals surface area contributed by atoms with Crippen LogP contribution in [0.25, 0.3) is 11.1 Å². The van der Waals surface area contributed by atoms with Crippen molar-refractivity contribution in [3.63, 3.8) is 0 Å². The van der Waals surface area contributed by atoms with Gasteiger partial charge in [-0.1, -0.05) is 29.8 Å². The van der Waals surface area contributed by atoms with Crippen molar-refractivity contribution in [3.8, 4) is 11.1 Å². The molecular formula is C16H21N3. The number of H-pyrrole nitrogens is 1. The van der Waals surface area contributed by atoms with Crippen molar-refractivity contribution < 1.29 is 0 Å². The lowest BCUT2D eigenvalue weighted by atomic mass is 9.91. The van der Waals surface area contributed by atoms with Crippen LogP contribution in [0.2, 0.25) is 0 Å². The topological polar surface area (TPSA) is 40.7 Å². The van der Waals surface area contributed by atoms with E-state index in [9.17, 15) is 0 Å². The fraction of sp³-hybridized carbons (Fsp3) is 0.438. The molecule has 1 saturated heterocycles. The number of nitrogens with zero attached hydrogens (tertiary/aromatic N) is 1. The lowest BCUT2D eigenvalue weighted by molar-refractivity contribution is 0.370. The maximum absolute atomic E-state index is 4.25. The van der Waals surface area contributed by atoms with Crippen molar-refractivity contribution in [2.75, 3.05) is 13.1 Å². The molecule has 0 aliphatic carbocycles. The van der Waals surface area contributed by atoms with E-state index in [0.29, 0.717) is 0 Å². The minimum absolute atomic E-state index is 0.783. The molecule has 1 aliphatic heterocycles. The highest BCUT2D eigenvalue weighted by Crippen LogP contribution is 2.26. The Labute approximate surface area is 114 Å². The van der Waals surface area contributed by atoms with E-state index in [0.717, 1.165) is 25.4 Å². The predicted octanol–water partition coefficient (Wildman–Crippen LogP) is 2.93. The second-order valence-electron chi connectivity index (χ2n) is 5.53. The second kappa shape index (κ2) is 5.57. The Bertz CT molecular complexity index is 538. The zero-order chi connectivity index (χ0) is 13.1. The maximum atomic E-state index is 4.25. The number of aryl methyl sites for hydroxylation is 1. The monoisotopic (exact) mass is 255 g/mol. The van der Waals surface area contributed by atoms with Crippen molar-refractivity contribution in [2.45, 2.75) is 26.2 Å². The Morgan fingerprint density at radius 2 is 2.11 bits per heavy atom. The molecule has 100 valence electrons. The summed E-state index contributed by atoms with van der Waals surface area (Å²) >= 11 is 0. The largest absolute Gasteiger partial charge is 0.317 e. The van der Waals surface area contributed by atoms with Crippen LogP contribution in [0.4, 0.5) is 0 Å². The lowest BCUT2D eigenvalue weighted by Gasteiger charge is -2.22. The average Bonchev–Trinajstić information content (AvgIpc) is 2.88. The van der Waals surface area contributed by atoms with Gasteiger partial charge in [-0.2, -0.15) is 5.10 Å². The number of benzene rings is 1. The highest BCUT2D eigenvalue weighted by molar-refractivity contribution is 5.65. The van der Waals surface area contributed by atoms with E-state index in [1.165, 1.54) is 35.2 Å².